The summed E-state index contributed by atoms with van der Waals surface area (Å²) < 4.78 is 0. The standard InChI is InChI=1S/C13H18ClN3O/c14-11-5-4-6-12(16-11)15-8-7-13(18)17-9-2-1-3-10-17/h4-6H,1-3,7-10H2,(H,15,16). The highest BCUT2D eigenvalue weighted by Crippen LogP contribution is 2.11. The number of hydrogen-bond donors (Lipinski definition) is 1. The Hall–Kier alpha value is -1.29. The molecular weight excluding hydrogens is 250 g/mol. The lowest BCUT2D eigenvalue weighted by Crippen LogP contribution is -2.36. The van der Waals surface area contributed by atoms with Gasteiger partial charge in [0.1, 0.15) is 11.0 Å². The van der Waals surface area contributed by atoms with Crippen LogP contribution in [0.3, 0.4) is 0 Å². The number of rotatable bonds is 4. The summed E-state index contributed by atoms with van der Waals surface area (Å²) in [7, 11) is 0. The van der Waals surface area contributed by atoms with Crippen molar-refractivity contribution in [3.8, 4) is 0 Å². The molecule has 4 nitrogen and oxygen atoms in total. The fourth-order valence-electron chi connectivity index (χ4n) is 2.11. The first kappa shape index (κ1) is 13.1. The van der Waals surface area contributed by atoms with Gasteiger partial charge in [-0.05, 0) is 31.4 Å². The Morgan fingerprint density at radius 3 is 2.83 bits per heavy atom. The number of aromatic nitrogens is 1. The van der Waals surface area contributed by atoms with E-state index in [4.69, 9.17) is 11.6 Å². The van der Waals surface area contributed by atoms with Crippen molar-refractivity contribution in [1.82, 2.24) is 9.88 Å². The van der Waals surface area contributed by atoms with Crippen LogP contribution in [0.5, 0.6) is 0 Å². The van der Waals surface area contributed by atoms with Gasteiger partial charge < -0.3 is 10.2 Å². The number of anilines is 1. The first-order valence-electron chi connectivity index (χ1n) is 6.40. The van der Waals surface area contributed by atoms with E-state index >= 15 is 0 Å². The van der Waals surface area contributed by atoms with Crippen molar-refractivity contribution < 1.29 is 4.79 Å². The van der Waals surface area contributed by atoms with Crippen molar-refractivity contribution >= 4 is 23.3 Å². The summed E-state index contributed by atoms with van der Waals surface area (Å²) in [6, 6.07) is 5.41. The van der Waals surface area contributed by atoms with E-state index in [1.807, 2.05) is 17.0 Å². The highest BCUT2D eigenvalue weighted by molar-refractivity contribution is 6.29. The zero-order chi connectivity index (χ0) is 12.8. The van der Waals surface area contributed by atoms with Crippen LogP contribution >= 0.6 is 11.6 Å². The molecule has 0 spiro atoms. The second kappa shape index (κ2) is 6.59. The van der Waals surface area contributed by atoms with Gasteiger partial charge in [-0.15, -0.1) is 0 Å². The molecule has 2 heterocycles. The molecule has 1 fully saturated rings. The number of nitrogens with one attached hydrogen (secondary N) is 1. The Morgan fingerprint density at radius 1 is 1.33 bits per heavy atom. The zero-order valence-electron chi connectivity index (χ0n) is 10.4. The van der Waals surface area contributed by atoms with Crippen LogP contribution in [0, 0.1) is 0 Å². The number of hydrogen-bond acceptors (Lipinski definition) is 3. The summed E-state index contributed by atoms with van der Waals surface area (Å²) in [6.45, 7) is 2.42. The molecule has 98 valence electrons. The van der Waals surface area contributed by atoms with Gasteiger partial charge in [-0.1, -0.05) is 17.7 Å². The van der Waals surface area contributed by atoms with Gasteiger partial charge >= 0.3 is 0 Å². The van der Waals surface area contributed by atoms with E-state index in [-0.39, 0.29) is 5.91 Å². The quantitative estimate of drug-likeness (QED) is 0.853. The first-order valence-corrected chi connectivity index (χ1v) is 6.78. The van der Waals surface area contributed by atoms with E-state index in [9.17, 15) is 4.79 Å². The Labute approximate surface area is 112 Å². The Bertz CT molecular complexity index is 405. The van der Waals surface area contributed by atoms with Crippen LogP contribution in [0.15, 0.2) is 18.2 Å². The smallest absolute Gasteiger partial charge is 0.224 e. The maximum Gasteiger partial charge on any atom is 0.224 e. The monoisotopic (exact) mass is 267 g/mol. The molecule has 0 bridgehead atoms. The van der Waals surface area contributed by atoms with Crippen molar-refractivity contribution in [2.75, 3.05) is 25.0 Å². The minimum atomic E-state index is 0.226. The van der Waals surface area contributed by atoms with Crippen molar-refractivity contribution in [1.29, 1.82) is 0 Å². The molecule has 1 amide bonds. The molecule has 1 saturated heterocycles. The molecule has 5 heteroatoms. The number of carbonyl (C=O) groups excluding carboxylic acids is 1. The van der Waals surface area contributed by atoms with Crippen LogP contribution in [0.2, 0.25) is 5.15 Å². The van der Waals surface area contributed by atoms with Gasteiger partial charge in [0.2, 0.25) is 5.91 Å². The average Bonchev–Trinajstić information content (AvgIpc) is 2.40. The number of piperidine rings is 1. The molecule has 0 saturated carbocycles. The number of carbonyl (C=O) groups is 1. The zero-order valence-corrected chi connectivity index (χ0v) is 11.1. The van der Waals surface area contributed by atoms with E-state index in [2.05, 4.69) is 10.3 Å². The Kier molecular flexibility index (Phi) is 4.81. The van der Waals surface area contributed by atoms with Gasteiger partial charge in [-0.3, -0.25) is 4.79 Å². The molecule has 0 aromatic carbocycles. The van der Waals surface area contributed by atoms with E-state index in [1.54, 1.807) is 6.07 Å². The lowest BCUT2D eigenvalue weighted by molar-refractivity contribution is -0.131. The number of amides is 1. The predicted molar refractivity (Wildman–Crippen MR) is 72.8 cm³/mol. The lowest BCUT2D eigenvalue weighted by Gasteiger charge is -2.26. The summed E-state index contributed by atoms with van der Waals surface area (Å²) in [5.41, 5.74) is 0. The maximum absolute atomic E-state index is 11.9. The van der Waals surface area contributed by atoms with Crippen LogP contribution < -0.4 is 5.32 Å². The Balaban J connectivity index is 1.73. The summed E-state index contributed by atoms with van der Waals surface area (Å²) in [4.78, 5) is 18.0. The van der Waals surface area contributed by atoms with Gasteiger partial charge in [0.05, 0.1) is 0 Å². The van der Waals surface area contributed by atoms with Gasteiger partial charge in [0.25, 0.3) is 0 Å². The van der Waals surface area contributed by atoms with Crippen LogP contribution in [0.1, 0.15) is 25.7 Å². The molecule has 1 aromatic heterocycles. The SMILES string of the molecule is O=C(CCNc1cccc(Cl)n1)N1CCCCC1. The number of pyridine rings is 1. The molecule has 0 aliphatic carbocycles. The number of nitrogens with zero attached hydrogens (tertiary/aromatic N) is 2. The molecule has 18 heavy (non-hydrogen) atoms. The van der Waals surface area contributed by atoms with E-state index < -0.39 is 0 Å². The molecule has 1 aliphatic rings. The fraction of sp³-hybridized carbons (Fsp3) is 0.538. The minimum absolute atomic E-state index is 0.226. The normalized spacial score (nSPS) is 15.5. The lowest BCUT2D eigenvalue weighted by atomic mass is 10.1. The molecule has 0 radical (unpaired) electrons. The summed E-state index contributed by atoms with van der Waals surface area (Å²) in [5, 5.41) is 3.57. The summed E-state index contributed by atoms with van der Waals surface area (Å²) in [6.07, 6.45) is 4.02. The van der Waals surface area contributed by atoms with Crippen LogP contribution in [0.4, 0.5) is 5.82 Å². The number of halogens is 1. The first-order chi connectivity index (χ1) is 8.75. The molecule has 1 aliphatic heterocycles. The van der Waals surface area contributed by atoms with Crippen molar-refractivity contribution in [2.24, 2.45) is 0 Å². The van der Waals surface area contributed by atoms with Gasteiger partial charge in [0, 0.05) is 26.1 Å². The number of likely N-dealkylation sites (tertiary alicyclic amines) is 1. The van der Waals surface area contributed by atoms with Gasteiger partial charge in [0.15, 0.2) is 0 Å². The van der Waals surface area contributed by atoms with Crippen LogP contribution in [-0.2, 0) is 4.79 Å². The maximum atomic E-state index is 11.9. The highest BCUT2D eigenvalue weighted by atomic mass is 35.5. The topological polar surface area (TPSA) is 45.2 Å². The molecule has 2 rings (SSSR count). The van der Waals surface area contributed by atoms with Crippen molar-refractivity contribution in [3.63, 3.8) is 0 Å². The summed E-state index contributed by atoms with van der Waals surface area (Å²) >= 11 is 5.78. The third-order valence-corrected chi connectivity index (χ3v) is 3.28. The minimum Gasteiger partial charge on any atom is -0.370 e. The second-order valence-corrected chi connectivity index (χ2v) is 4.85. The average molecular weight is 268 g/mol. The van der Waals surface area contributed by atoms with E-state index in [0.29, 0.717) is 23.9 Å². The fourth-order valence-corrected chi connectivity index (χ4v) is 2.27. The third-order valence-electron chi connectivity index (χ3n) is 3.07. The van der Waals surface area contributed by atoms with Gasteiger partial charge in [-0.25, -0.2) is 4.98 Å². The Morgan fingerprint density at radius 2 is 2.11 bits per heavy atom. The molecule has 0 unspecified atom stereocenters. The largest absolute Gasteiger partial charge is 0.370 e. The summed E-state index contributed by atoms with van der Waals surface area (Å²) in [5.74, 6) is 0.943. The third kappa shape index (κ3) is 3.88. The van der Waals surface area contributed by atoms with Crippen LogP contribution in [0.25, 0.3) is 0 Å². The molecule has 1 aromatic rings. The van der Waals surface area contributed by atoms with Crippen molar-refractivity contribution in [2.45, 2.75) is 25.7 Å². The predicted octanol–water partition coefficient (Wildman–Crippen LogP) is 2.55. The van der Waals surface area contributed by atoms with Gasteiger partial charge in [-0.2, -0.15) is 0 Å². The second-order valence-electron chi connectivity index (χ2n) is 4.46. The highest BCUT2D eigenvalue weighted by Gasteiger charge is 2.15. The van der Waals surface area contributed by atoms with E-state index in [1.165, 1.54) is 6.42 Å². The van der Waals surface area contributed by atoms with E-state index in [0.717, 1.165) is 25.9 Å². The molecule has 0 atom stereocenters. The van der Waals surface area contributed by atoms with Crippen LogP contribution in [-0.4, -0.2) is 35.4 Å². The molecule has 1 N–H and O–H groups in total. The molecular formula is C13H18ClN3O. The van der Waals surface area contributed by atoms with Crippen molar-refractivity contribution in [3.05, 3.63) is 23.4 Å².